The van der Waals surface area contributed by atoms with Gasteiger partial charge in [0.15, 0.2) is 0 Å². The van der Waals surface area contributed by atoms with E-state index in [1.807, 2.05) is 0 Å². The maximum Gasteiger partial charge on any atom is 0.129 e. The molecule has 16 heavy (non-hydrogen) atoms. The van der Waals surface area contributed by atoms with Crippen LogP contribution in [0.25, 0.3) is 10.9 Å². The number of aromatic nitrogens is 1. The lowest BCUT2D eigenvalue weighted by atomic mass is 10.1. The van der Waals surface area contributed by atoms with Crippen molar-refractivity contribution in [3.63, 3.8) is 0 Å². The van der Waals surface area contributed by atoms with Gasteiger partial charge in [0.2, 0.25) is 0 Å². The quantitative estimate of drug-likeness (QED) is 0.721. The lowest BCUT2D eigenvalue weighted by Crippen LogP contribution is -2.30. The summed E-state index contributed by atoms with van der Waals surface area (Å²) in [5.41, 5.74) is 1.10. The Bertz CT molecular complexity index is 487. The third kappa shape index (κ3) is 1.75. The number of hydrogen-bond donors (Lipinski definition) is 0. The van der Waals surface area contributed by atoms with Crippen molar-refractivity contribution in [2.45, 2.75) is 19.3 Å². The van der Waals surface area contributed by atoms with E-state index in [1.54, 1.807) is 0 Å². The fourth-order valence-corrected chi connectivity index (χ4v) is 2.35. The molecule has 0 N–H and O–H groups in total. The zero-order valence-corrected chi connectivity index (χ0v) is 9.39. The Morgan fingerprint density at radius 1 is 0.875 bits per heavy atom. The first-order valence-corrected chi connectivity index (χ1v) is 6.04. The number of piperidine rings is 1. The Morgan fingerprint density at radius 3 is 2.56 bits per heavy atom. The van der Waals surface area contributed by atoms with E-state index < -0.39 is 0 Å². The number of rotatable bonds is 1. The molecule has 0 atom stereocenters. The van der Waals surface area contributed by atoms with Crippen LogP contribution in [0.2, 0.25) is 0 Å². The summed E-state index contributed by atoms with van der Waals surface area (Å²) in [4.78, 5) is 7.12. The Morgan fingerprint density at radius 2 is 1.69 bits per heavy atom. The van der Waals surface area contributed by atoms with Gasteiger partial charge in [0.25, 0.3) is 0 Å². The molecular weight excluding hydrogens is 196 g/mol. The second-order valence-electron chi connectivity index (χ2n) is 4.41. The van der Waals surface area contributed by atoms with Crippen molar-refractivity contribution in [3.8, 4) is 0 Å². The fourth-order valence-electron chi connectivity index (χ4n) is 2.35. The van der Waals surface area contributed by atoms with Gasteiger partial charge in [-0.1, -0.05) is 18.2 Å². The van der Waals surface area contributed by atoms with Crippen molar-refractivity contribution in [1.29, 1.82) is 0 Å². The van der Waals surface area contributed by atoms with E-state index in [0.29, 0.717) is 0 Å². The van der Waals surface area contributed by atoms with Gasteiger partial charge in [-0.3, -0.25) is 0 Å². The molecule has 0 aliphatic carbocycles. The molecule has 0 radical (unpaired) electrons. The molecule has 0 bridgehead atoms. The Kier molecular flexibility index (Phi) is 2.49. The highest BCUT2D eigenvalue weighted by molar-refractivity contribution is 5.80. The van der Waals surface area contributed by atoms with E-state index in [1.165, 1.54) is 24.6 Å². The summed E-state index contributed by atoms with van der Waals surface area (Å²) in [5.74, 6) is 1.14. The second kappa shape index (κ2) is 4.12. The van der Waals surface area contributed by atoms with Gasteiger partial charge < -0.3 is 4.90 Å². The van der Waals surface area contributed by atoms with Crippen LogP contribution in [0.15, 0.2) is 36.4 Å². The number of pyridine rings is 1. The molecule has 0 amide bonds. The van der Waals surface area contributed by atoms with E-state index in [0.717, 1.165) is 24.4 Å². The van der Waals surface area contributed by atoms with Gasteiger partial charge in [-0.15, -0.1) is 0 Å². The molecule has 2 nitrogen and oxygen atoms in total. The van der Waals surface area contributed by atoms with E-state index in [2.05, 4.69) is 41.3 Å². The van der Waals surface area contributed by atoms with Crippen molar-refractivity contribution >= 4 is 16.7 Å². The van der Waals surface area contributed by atoms with E-state index in [9.17, 15) is 0 Å². The monoisotopic (exact) mass is 212 g/mol. The lowest BCUT2D eigenvalue weighted by molar-refractivity contribution is 0.574. The molecule has 0 saturated carbocycles. The number of para-hydroxylation sites is 1. The van der Waals surface area contributed by atoms with Gasteiger partial charge >= 0.3 is 0 Å². The topological polar surface area (TPSA) is 16.1 Å². The molecule has 1 aliphatic heterocycles. The maximum atomic E-state index is 4.72. The van der Waals surface area contributed by atoms with Crippen LogP contribution in [-0.4, -0.2) is 18.1 Å². The molecule has 2 heterocycles. The molecular formula is C14H16N2. The zero-order chi connectivity index (χ0) is 10.8. The number of anilines is 1. The van der Waals surface area contributed by atoms with Crippen LogP contribution in [0.5, 0.6) is 0 Å². The van der Waals surface area contributed by atoms with Crippen LogP contribution in [-0.2, 0) is 0 Å². The minimum atomic E-state index is 1.10. The number of benzene rings is 1. The molecule has 1 aromatic heterocycles. The van der Waals surface area contributed by atoms with Gasteiger partial charge in [-0.25, -0.2) is 4.98 Å². The number of nitrogens with zero attached hydrogens (tertiary/aromatic N) is 2. The van der Waals surface area contributed by atoms with E-state index >= 15 is 0 Å². The Labute approximate surface area is 95.9 Å². The highest BCUT2D eigenvalue weighted by atomic mass is 15.2. The normalized spacial score (nSPS) is 16.6. The van der Waals surface area contributed by atoms with Crippen LogP contribution in [0.3, 0.4) is 0 Å². The molecule has 1 saturated heterocycles. The van der Waals surface area contributed by atoms with E-state index in [-0.39, 0.29) is 0 Å². The minimum Gasteiger partial charge on any atom is -0.357 e. The van der Waals surface area contributed by atoms with Crippen LogP contribution in [0, 0.1) is 0 Å². The first-order chi connectivity index (χ1) is 7.93. The molecule has 1 aromatic carbocycles. The molecule has 3 rings (SSSR count). The second-order valence-corrected chi connectivity index (χ2v) is 4.41. The summed E-state index contributed by atoms with van der Waals surface area (Å²) >= 11 is 0. The summed E-state index contributed by atoms with van der Waals surface area (Å²) < 4.78 is 0. The summed E-state index contributed by atoms with van der Waals surface area (Å²) in [6, 6.07) is 12.6. The molecule has 0 spiro atoms. The molecule has 0 unspecified atom stereocenters. The first-order valence-electron chi connectivity index (χ1n) is 6.04. The predicted molar refractivity (Wildman–Crippen MR) is 67.8 cm³/mol. The van der Waals surface area contributed by atoms with Gasteiger partial charge in [-0.05, 0) is 37.5 Å². The van der Waals surface area contributed by atoms with Crippen molar-refractivity contribution in [2.75, 3.05) is 18.0 Å². The summed E-state index contributed by atoms with van der Waals surface area (Å²) in [5, 5.41) is 1.23. The standard InChI is InChI=1S/C14H16N2/c1-4-10-16(11-5-1)14-9-8-12-6-2-3-7-13(12)15-14/h2-3,6-9H,1,4-5,10-11H2. The maximum absolute atomic E-state index is 4.72. The van der Waals surface area contributed by atoms with Crippen LogP contribution in [0.1, 0.15) is 19.3 Å². The first kappa shape index (κ1) is 9.64. The average Bonchev–Trinajstić information content (AvgIpc) is 2.39. The van der Waals surface area contributed by atoms with Crippen LogP contribution in [0.4, 0.5) is 5.82 Å². The lowest BCUT2D eigenvalue weighted by Gasteiger charge is -2.27. The SMILES string of the molecule is c1ccc2nc(N3CCCCC3)ccc2c1. The largest absolute Gasteiger partial charge is 0.357 e. The van der Waals surface area contributed by atoms with Crippen molar-refractivity contribution in [1.82, 2.24) is 4.98 Å². The van der Waals surface area contributed by atoms with Gasteiger partial charge in [0.05, 0.1) is 5.52 Å². The minimum absolute atomic E-state index is 1.10. The third-order valence-corrected chi connectivity index (χ3v) is 3.26. The third-order valence-electron chi connectivity index (χ3n) is 3.26. The highest BCUT2D eigenvalue weighted by Gasteiger charge is 2.11. The predicted octanol–water partition coefficient (Wildman–Crippen LogP) is 3.23. The summed E-state index contributed by atoms with van der Waals surface area (Å²) in [6.07, 6.45) is 3.97. The zero-order valence-electron chi connectivity index (χ0n) is 9.39. The molecule has 2 heteroatoms. The molecule has 1 aliphatic rings. The van der Waals surface area contributed by atoms with Crippen LogP contribution >= 0.6 is 0 Å². The molecule has 82 valence electrons. The van der Waals surface area contributed by atoms with Gasteiger partial charge in [-0.2, -0.15) is 0 Å². The Balaban J connectivity index is 1.97. The average molecular weight is 212 g/mol. The summed E-state index contributed by atoms with van der Waals surface area (Å²) in [6.45, 7) is 2.32. The fraction of sp³-hybridized carbons (Fsp3) is 0.357. The number of hydrogen-bond acceptors (Lipinski definition) is 2. The van der Waals surface area contributed by atoms with Gasteiger partial charge in [0.1, 0.15) is 5.82 Å². The van der Waals surface area contributed by atoms with E-state index in [4.69, 9.17) is 4.98 Å². The smallest absolute Gasteiger partial charge is 0.129 e. The molecule has 2 aromatic rings. The van der Waals surface area contributed by atoms with Crippen molar-refractivity contribution < 1.29 is 0 Å². The van der Waals surface area contributed by atoms with Crippen LogP contribution < -0.4 is 4.90 Å². The Hall–Kier alpha value is -1.57. The van der Waals surface area contributed by atoms with Crippen molar-refractivity contribution in [2.24, 2.45) is 0 Å². The summed E-state index contributed by atoms with van der Waals surface area (Å²) in [7, 11) is 0. The number of fused-ring (bicyclic) bond motifs is 1. The molecule has 1 fully saturated rings. The highest BCUT2D eigenvalue weighted by Crippen LogP contribution is 2.20. The van der Waals surface area contributed by atoms with Crippen molar-refractivity contribution in [3.05, 3.63) is 36.4 Å². The van der Waals surface area contributed by atoms with Gasteiger partial charge in [0, 0.05) is 18.5 Å².